The summed E-state index contributed by atoms with van der Waals surface area (Å²) >= 11 is 6.25. The van der Waals surface area contributed by atoms with Gasteiger partial charge in [-0.05, 0) is 45.6 Å². The van der Waals surface area contributed by atoms with Crippen molar-refractivity contribution in [1.29, 1.82) is 0 Å². The molecule has 0 fully saturated rings. The average Bonchev–Trinajstić information content (AvgIpc) is 2.76. The molecule has 0 atom stereocenters. The monoisotopic (exact) mass is 340 g/mol. The number of nitrogens with zero attached hydrogens (tertiary/aromatic N) is 2. The third-order valence-electron chi connectivity index (χ3n) is 3.74. The minimum absolute atomic E-state index is 0.0487. The fourth-order valence-electron chi connectivity index (χ4n) is 2.45. The number of amides is 1. The number of benzene rings is 1. The van der Waals surface area contributed by atoms with Crippen LogP contribution >= 0.6 is 11.6 Å². The summed E-state index contributed by atoms with van der Waals surface area (Å²) in [5.74, 6) is 1.04. The number of fused-ring (bicyclic) bond motifs is 1. The van der Waals surface area contributed by atoms with E-state index in [-0.39, 0.29) is 5.91 Å². The van der Waals surface area contributed by atoms with Crippen LogP contribution in [0.3, 0.4) is 0 Å². The predicted molar refractivity (Wildman–Crippen MR) is 91.8 cm³/mol. The van der Waals surface area contributed by atoms with E-state index in [0.29, 0.717) is 35.3 Å². The highest BCUT2D eigenvalue weighted by Crippen LogP contribution is 2.38. The Morgan fingerprint density at radius 2 is 1.83 bits per heavy atom. The highest BCUT2D eigenvalue weighted by Gasteiger charge is 2.20. The van der Waals surface area contributed by atoms with Crippen molar-refractivity contribution in [3.63, 3.8) is 0 Å². The maximum atomic E-state index is 12.6. The Hall–Kier alpha value is -1.46. The second-order valence-corrected chi connectivity index (χ2v) is 6.48. The summed E-state index contributed by atoms with van der Waals surface area (Å²) in [6.07, 6.45) is 2.84. The van der Waals surface area contributed by atoms with Gasteiger partial charge in [-0.25, -0.2) is 0 Å². The van der Waals surface area contributed by atoms with Gasteiger partial charge in [-0.2, -0.15) is 0 Å². The molecular formula is C17H25ClN2O3. The molecule has 1 aromatic rings. The van der Waals surface area contributed by atoms with Gasteiger partial charge in [0.05, 0.1) is 18.2 Å². The largest absolute Gasteiger partial charge is 0.489 e. The molecule has 2 rings (SSSR count). The van der Waals surface area contributed by atoms with Crippen molar-refractivity contribution < 1.29 is 14.3 Å². The van der Waals surface area contributed by atoms with Crippen LogP contribution in [0.1, 0.15) is 29.6 Å². The molecule has 1 aliphatic rings. The van der Waals surface area contributed by atoms with Gasteiger partial charge in [0.15, 0.2) is 11.5 Å². The smallest absolute Gasteiger partial charge is 0.253 e. The fraction of sp³-hybridized carbons (Fsp3) is 0.588. The predicted octanol–water partition coefficient (Wildman–Crippen LogP) is 2.92. The lowest BCUT2D eigenvalue weighted by molar-refractivity contribution is 0.0791. The highest BCUT2D eigenvalue weighted by atomic mass is 35.5. The van der Waals surface area contributed by atoms with E-state index >= 15 is 0 Å². The Labute approximate surface area is 143 Å². The highest BCUT2D eigenvalue weighted by molar-refractivity contribution is 6.32. The van der Waals surface area contributed by atoms with Crippen LogP contribution in [-0.4, -0.2) is 63.2 Å². The molecule has 1 aliphatic heterocycles. The molecule has 128 valence electrons. The van der Waals surface area contributed by atoms with E-state index in [9.17, 15) is 4.79 Å². The van der Waals surface area contributed by atoms with Crippen LogP contribution in [-0.2, 0) is 0 Å². The molecule has 0 saturated heterocycles. The lowest BCUT2D eigenvalue weighted by Gasteiger charge is -2.19. The van der Waals surface area contributed by atoms with Crippen molar-refractivity contribution in [1.82, 2.24) is 9.80 Å². The fourth-order valence-corrected chi connectivity index (χ4v) is 2.72. The van der Waals surface area contributed by atoms with Crippen molar-refractivity contribution >= 4 is 17.5 Å². The molecule has 6 heteroatoms. The van der Waals surface area contributed by atoms with Crippen molar-refractivity contribution in [2.45, 2.75) is 19.3 Å². The second kappa shape index (κ2) is 8.41. The molecule has 1 heterocycles. The molecular weight excluding hydrogens is 316 g/mol. The maximum absolute atomic E-state index is 12.6. The van der Waals surface area contributed by atoms with Crippen LogP contribution in [0.5, 0.6) is 11.5 Å². The summed E-state index contributed by atoms with van der Waals surface area (Å²) in [5, 5.41) is 0.425. The Balaban J connectivity index is 2.01. The van der Waals surface area contributed by atoms with Gasteiger partial charge in [-0.1, -0.05) is 11.6 Å². The van der Waals surface area contributed by atoms with Crippen LogP contribution in [0.15, 0.2) is 12.1 Å². The van der Waals surface area contributed by atoms with E-state index in [1.807, 2.05) is 7.05 Å². The number of ether oxygens (including phenoxy) is 2. The summed E-state index contributed by atoms with van der Waals surface area (Å²) in [4.78, 5) is 16.4. The van der Waals surface area contributed by atoms with Crippen LogP contribution in [0.25, 0.3) is 0 Å². The van der Waals surface area contributed by atoms with E-state index in [4.69, 9.17) is 21.1 Å². The lowest BCUT2D eigenvalue weighted by Crippen LogP contribution is -2.28. The SMILES string of the molecule is CN(C)CCCCN(C)C(=O)c1cc(Cl)c2c(c1)OCCCO2. The van der Waals surface area contributed by atoms with E-state index < -0.39 is 0 Å². The molecule has 0 bridgehead atoms. The number of halogens is 1. The Morgan fingerprint density at radius 1 is 1.13 bits per heavy atom. The van der Waals surface area contributed by atoms with Gasteiger partial charge < -0.3 is 19.3 Å². The number of rotatable bonds is 6. The van der Waals surface area contributed by atoms with E-state index in [0.717, 1.165) is 32.4 Å². The molecule has 5 nitrogen and oxygen atoms in total. The zero-order valence-corrected chi connectivity index (χ0v) is 14.9. The first-order chi connectivity index (χ1) is 11.0. The lowest BCUT2D eigenvalue weighted by atomic mass is 10.1. The molecule has 0 spiro atoms. The van der Waals surface area contributed by atoms with E-state index in [1.54, 1.807) is 17.0 Å². The van der Waals surface area contributed by atoms with Gasteiger partial charge in [0.2, 0.25) is 0 Å². The summed E-state index contributed by atoms with van der Waals surface area (Å²) in [6, 6.07) is 3.39. The molecule has 0 aliphatic carbocycles. The maximum Gasteiger partial charge on any atom is 0.253 e. The first kappa shape index (κ1) is 17.9. The van der Waals surface area contributed by atoms with Crippen molar-refractivity contribution in [3.8, 4) is 11.5 Å². The third kappa shape index (κ3) is 5.01. The minimum Gasteiger partial charge on any atom is -0.489 e. The van der Waals surface area contributed by atoms with Crippen LogP contribution < -0.4 is 9.47 Å². The summed E-state index contributed by atoms with van der Waals surface area (Å²) in [6.45, 7) is 2.89. The number of unbranched alkanes of at least 4 members (excludes halogenated alkanes) is 1. The molecule has 0 aromatic heterocycles. The molecule has 0 unspecified atom stereocenters. The molecule has 0 radical (unpaired) electrons. The van der Waals surface area contributed by atoms with E-state index in [2.05, 4.69) is 19.0 Å². The Morgan fingerprint density at radius 3 is 2.57 bits per heavy atom. The van der Waals surface area contributed by atoms with Gasteiger partial charge in [-0.15, -0.1) is 0 Å². The molecule has 23 heavy (non-hydrogen) atoms. The van der Waals surface area contributed by atoms with Gasteiger partial charge in [-0.3, -0.25) is 4.79 Å². The van der Waals surface area contributed by atoms with Gasteiger partial charge in [0.25, 0.3) is 5.91 Å². The van der Waals surface area contributed by atoms with Crippen molar-refractivity contribution in [2.75, 3.05) is 47.4 Å². The Bertz CT molecular complexity index is 549. The van der Waals surface area contributed by atoms with Crippen LogP contribution in [0, 0.1) is 0 Å². The molecule has 1 amide bonds. The number of hydrogen-bond donors (Lipinski definition) is 0. The summed E-state index contributed by atoms with van der Waals surface area (Å²) in [5.41, 5.74) is 0.536. The summed E-state index contributed by atoms with van der Waals surface area (Å²) < 4.78 is 11.2. The minimum atomic E-state index is -0.0487. The van der Waals surface area contributed by atoms with Gasteiger partial charge in [0, 0.05) is 25.6 Å². The first-order valence-corrected chi connectivity index (χ1v) is 8.36. The number of hydrogen-bond acceptors (Lipinski definition) is 4. The van der Waals surface area contributed by atoms with E-state index in [1.165, 1.54) is 0 Å². The van der Waals surface area contributed by atoms with Crippen molar-refractivity contribution in [3.05, 3.63) is 22.7 Å². The van der Waals surface area contributed by atoms with Crippen LogP contribution in [0.2, 0.25) is 5.02 Å². The Kier molecular flexibility index (Phi) is 6.54. The normalized spacial score (nSPS) is 13.8. The standard InChI is InChI=1S/C17H25ClN2O3/c1-19(2)7-4-5-8-20(3)17(21)13-11-14(18)16-15(12-13)22-9-6-10-23-16/h11-12H,4-10H2,1-3H3. The second-order valence-electron chi connectivity index (χ2n) is 6.07. The van der Waals surface area contributed by atoms with Gasteiger partial charge in [0.1, 0.15) is 0 Å². The summed E-state index contributed by atoms with van der Waals surface area (Å²) in [7, 11) is 5.91. The number of carbonyl (C=O) groups is 1. The number of carbonyl (C=O) groups excluding carboxylic acids is 1. The molecule has 0 saturated carbocycles. The van der Waals surface area contributed by atoms with Gasteiger partial charge >= 0.3 is 0 Å². The quantitative estimate of drug-likeness (QED) is 0.747. The zero-order valence-electron chi connectivity index (χ0n) is 14.1. The first-order valence-electron chi connectivity index (χ1n) is 7.98. The zero-order chi connectivity index (χ0) is 16.8. The third-order valence-corrected chi connectivity index (χ3v) is 4.03. The molecule has 1 aromatic carbocycles. The molecule has 0 N–H and O–H groups in total. The topological polar surface area (TPSA) is 42.0 Å². The van der Waals surface area contributed by atoms with Crippen LogP contribution in [0.4, 0.5) is 0 Å². The van der Waals surface area contributed by atoms with Crippen molar-refractivity contribution in [2.24, 2.45) is 0 Å². The average molecular weight is 341 g/mol.